The van der Waals surface area contributed by atoms with Crippen LogP contribution in [0.5, 0.6) is 0 Å². The topological polar surface area (TPSA) is 21.3 Å². The third-order valence-corrected chi connectivity index (χ3v) is 14.2. The minimum Gasteiger partial charge on any atom is -0.453 e. The van der Waals surface area contributed by atoms with Crippen molar-refractivity contribution in [2.24, 2.45) is 0 Å². The first kappa shape index (κ1) is 39.0. The molecular formula is C66H42N2O. The summed E-state index contributed by atoms with van der Waals surface area (Å²) in [5.41, 5.74) is 22.4. The van der Waals surface area contributed by atoms with Gasteiger partial charge in [0.15, 0.2) is 5.58 Å². The molecule has 0 saturated carbocycles. The molecule has 11 aromatic carbocycles. The van der Waals surface area contributed by atoms with Gasteiger partial charge < -0.3 is 13.9 Å². The van der Waals surface area contributed by atoms with Gasteiger partial charge >= 0.3 is 0 Å². The number of furan rings is 1. The number of nitrogens with zero attached hydrogens (tertiary/aromatic N) is 2. The number of benzene rings is 11. The number of hydrogen-bond donors (Lipinski definition) is 0. The van der Waals surface area contributed by atoms with Crippen LogP contribution in [-0.2, 0) is 0 Å². The van der Waals surface area contributed by atoms with E-state index in [9.17, 15) is 0 Å². The van der Waals surface area contributed by atoms with Gasteiger partial charge in [0.2, 0.25) is 0 Å². The average Bonchev–Trinajstić information content (AvgIpc) is 3.97. The standard InChI is InChI=1S/C66H42N2O/c1-3-18-43(19-4-1)44-36-39-47(40-37-44)68(62-34-16-30-56-53-25-10-9-24-51(53)49-22-7-8-23-50(49)52-26-11-12-28-55(52)64(56)62)63-35-17-32-58-57-31-15-29-48(65(57)69-66(58)63)45-38-41-61-59(42-45)54-27-13-14-33-60(54)67(61)46-20-5-2-6-21-46/h1-42H. The molecule has 0 unspecified atom stereocenters. The van der Waals surface area contributed by atoms with Crippen LogP contribution in [-0.4, -0.2) is 4.57 Å². The summed E-state index contributed by atoms with van der Waals surface area (Å²) in [4.78, 5) is 2.43. The molecule has 14 rings (SSSR count). The van der Waals surface area contributed by atoms with Crippen molar-refractivity contribution in [1.82, 2.24) is 4.57 Å². The van der Waals surface area contributed by atoms with E-state index >= 15 is 0 Å². The summed E-state index contributed by atoms with van der Waals surface area (Å²) in [7, 11) is 0. The van der Waals surface area contributed by atoms with Crippen molar-refractivity contribution < 1.29 is 4.42 Å². The lowest BCUT2D eigenvalue weighted by atomic mass is 9.80. The van der Waals surface area contributed by atoms with Crippen LogP contribution in [0.25, 0.3) is 116 Å². The Balaban J connectivity index is 1.01. The number of fused-ring (bicyclic) bond motifs is 14. The monoisotopic (exact) mass is 878 g/mol. The van der Waals surface area contributed by atoms with E-state index in [1.54, 1.807) is 0 Å². The molecule has 322 valence electrons. The van der Waals surface area contributed by atoms with Crippen molar-refractivity contribution in [1.29, 1.82) is 0 Å². The molecule has 0 saturated heterocycles. The van der Waals surface area contributed by atoms with Gasteiger partial charge in [-0.25, -0.2) is 0 Å². The Kier molecular flexibility index (Phi) is 8.90. The van der Waals surface area contributed by atoms with Crippen molar-refractivity contribution in [3.63, 3.8) is 0 Å². The third kappa shape index (κ3) is 6.14. The van der Waals surface area contributed by atoms with E-state index in [4.69, 9.17) is 4.42 Å². The first-order valence-electron chi connectivity index (χ1n) is 23.7. The SMILES string of the molecule is c1ccc(-c2ccc(N(c3cccc4c3-c3ccccc3-c3ccccc3-c3ccccc3-4)c3cccc4c3oc3c(-c5ccc6c(c5)c5ccccc5n6-c5ccccc5)cccc34)cc2)cc1. The number of aromatic nitrogens is 1. The van der Waals surface area contributed by atoms with E-state index < -0.39 is 0 Å². The van der Waals surface area contributed by atoms with Gasteiger partial charge in [0.1, 0.15) is 5.58 Å². The molecule has 0 atom stereocenters. The number of para-hydroxylation sites is 4. The van der Waals surface area contributed by atoms with Crippen LogP contribution < -0.4 is 4.90 Å². The van der Waals surface area contributed by atoms with Gasteiger partial charge in [0, 0.05) is 44.0 Å². The van der Waals surface area contributed by atoms with Gasteiger partial charge in [-0.15, -0.1) is 0 Å². The Hall–Kier alpha value is -9.18. The molecule has 3 nitrogen and oxygen atoms in total. The minimum atomic E-state index is 0.830. The summed E-state index contributed by atoms with van der Waals surface area (Å²) in [6.07, 6.45) is 0. The number of anilines is 3. The lowest BCUT2D eigenvalue weighted by molar-refractivity contribution is 0.670. The second-order valence-electron chi connectivity index (χ2n) is 17.9. The van der Waals surface area contributed by atoms with Gasteiger partial charge in [-0.1, -0.05) is 200 Å². The molecule has 0 radical (unpaired) electrons. The van der Waals surface area contributed by atoms with E-state index in [0.29, 0.717) is 0 Å². The molecular weight excluding hydrogens is 837 g/mol. The van der Waals surface area contributed by atoms with Crippen LogP contribution in [0.3, 0.4) is 0 Å². The fraction of sp³-hybridized carbons (Fsp3) is 0. The zero-order valence-electron chi connectivity index (χ0n) is 37.6. The van der Waals surface area contributed by atoms with Crippen LogP contribution in [0.15, 0.2) is 259 Å². The Morgan fingerprint density at radius 2 is 0.768 bits per heavy atom. The zero-order valence-corrected chi connectivity index (χ0v) is 37.6. The molecule has 13 aromatic rings. The normalized spacial score (nSPS) is 11.8. The highest BCUT2D eigenvalue weighted by molar-refractivity contribution is 6.16. The van der Waals surface area contributed by atoms with Crippen LogP contribution in [0.2, 0.25) is 0 Å². The zero-order chi connectivity index (χ0) is 45.4. The maximum atomic E-state index is 7.37. The second kappa shape index (κ2) is 15.7. The summed E-state index contributed by atoms with van der Waals surface area (Å²) < 4.78 is 9.74. The van der Waals surface area contributed by atoms with Gasteiger partial charge in [-0.3, -0.25) is 0 Å². The molecule has 1 aliphatic carbocycles. The predicted molar refractivity (Wildman–Crippen MR) is 289 cm³/mol. The summed E-state index contributed by atoms with van der Waals surface area (Å²) >= 11 is 0. The molecule has 0 spiro atoms. The largest absolute Gasteiger partial charge is 0.453 e. The Morgan fingerprint density at radius 1 is 0.290 bits per heavy atom. The Labute approximate surface area is 400 Å². The highest BCUT2D eigenvalue weighted by Crippen LogP contribution is 2.54. The highest BCUT2D eigenvalue weighted by atomic mass is 16.3. The van der Waals surface area contributed by atoms with Crippen molar-refractivity contribution in [3.8, 4) is 72.4 Å². The third-order valence-electron chi connectivity index (χ3n) is 14.2. The lowest BCUT2D eigenvalue weighted by Crippen LogP contribution is -2.12. The van der Waals surface area contributed by atoms with Crippen LogP contribution in [0, 0.1) is 0 Å². The van der Waals surface area contributed by atoms with Crippen molar-refractivity contribution in [2.45, 2.75) is 0 Å². The Bertz CT molecular complexity index is 4120. The van der Waals surface area contributed by atoms with Crippen LogP contribution in [0.4, 0.5) is 17.1 Å². The molecule has 0 fully saturated rings. The van der Waals surface area contributed by atoms with E-state index in [1.807, 2.05) is 0 Å². The van der Waals surface area contributed by atoms with E-state index in [-0.39, 0.29) is 0 Å². The fourth-order valence-corrected chi connectivity index (χ4v) is 11.1. The molecule has 3 heteroatoms. The number of rotatable bonds is 6. The first-order chi connectivity index (χ1) is 34.3. The van der Waals surface area contributed by atoms with Gasteiger partial charge in [-0.05, 0) is 110 Å². The van der Waals surface area contributed by atoms with Crippen molar-refractivity contribution in [2.75, 3.05) is 4.90 Å². The molecule has 1 aliphatic rings. The van der Waals surface area contributed by atoms with Gasteiger partial charge in [-0.2, -0.15) is 0 Å². The van der Waals surface area contributed by atoms with Crippen LogP contribution in [0.1, 0.15) is 0 Å². The molecule has 0 N–H and O–H groups in total. The fourth-order valence-electron chi connectivity index (χ4n) is 11.1. The van der Waals surface area contributed by atoms with E-state index in [1.165, 1.54) is 71.9 Å². The van der Waals surface area contributed by atoms with E-state index in [0.717, 1.165) is 61.4 Å². The average molecular weight is 879 g/mol. The summed E-state index contributed by atoms with van der Waals surface area (Å²) in [6.45, 7) is 0. The summed E-state index contributed by atoms with van der Waals surface area (Å²) in [6, 6.07) is 92.4. The maximum Gasteiger partial charge on any atom is 0.159 e. The highest BCUT2D eigenvalue weighted by Gasteiger charge is 2.28. The Morgan fingerprint density at radius 3 is 1.49 bits per heavy atom. The summed E-state index contributed by atoms with van der Waals surface area (Å²) in [5.74, 6) is 0. The molecule has 2 aromatic heterocycles. The van der Waals surface area contributed by atoms with Crippen LogP contribution >= 0.6 is 0 Å². The van der Waals surface area contributed by atoms with Crippen molar-refractivity contribution in [3.05, 3.63) is 255 Å². The first-order valence-corrected chi connectivity index (χ1v) is 23.7. The maximum absolute atomic E-state index is 7.37. The number of hydrogen-bond acceptors (Lipinski definition) is 2. The smallest absolute Gasteiger partial charge is 0.159 e. The predicted octanol–water partition coefficient (Wildman–Crippen LogP) is 18.5. The summed E-state index contributed by atoms with van der Waals surface area (Å²) in [5, 5.41) is 4.57. The minimum absolute atomic E-state index is 0.830. The van der Waals surface area contributed by atoms with Crippen molar-refractivity contribution >= 4 is 60.8 Å². The second-order valence-corrected chi connectivity index (χ2v) is 17.9. The van der Waals surface area contributed by atoms with Gasteiger partial charge in [0.25, 0.3) is 0 Å². The molecule has 0 bridgehead atoms. The quantitative estimate of drug-likeness (QED) is 0.166. The van der Waals surface area contributed by atoms with Gasteiger partial charge in [0.05, 0.1) is 22.4 Å². The molecule has 2 heterocycles. The molecule has 0 amide bonds. The molecule has 0 aliphatic heterocycles. The molecule has 69 heavy (non-hydrogen) atoms. The van der Waals surface area contributed by atoms with E-state index in [2.05, 4.69) is 264 Å². The lowest BCUT2D eigenvalue weighted by Gasteiger charge is -2.31.